The molecule has 0 aliphatic carbocycles. The highest BCUT2D eigenvalue weighted by molar-refractivity contribution is 6.06. The normalized spacial score (nSPS) is 15.9. The summed E-state index contributed by atoms with van der Waals surface area (Å²) in [6, 6.07) is 15.6. The van der Waals surface area contributed by atoms with Gasteiger partial charge in [0.05, 0.1) is 16.8 Å². The third kappa shape index (κ3) is 3.54. The van der Waals surface area contributed by atoms with Crippen molar-refractivity contribution in [2.75, 3.05) is 29.4 Å². The molecule has 3 aromatic heterocycles. The number of amides is 1. The molecule has 1 aromatic carbocycles. The van der Waals surface area contributed by atoms with Crippen LogP contribution >= 0.6 is 0 Å². The van der Waals surface area contributed by atoms with Crippen LogP contribution in [0.25, 0.3) is 11.2 Å². The Hall–Kier alpha value is -4.45. The van der Waals surface area contributed by atoms with Crippen molar-refractivity contribution < 1.29 is 4.79 Å². The molecule has 9 nitrogen and oxygen atoms in total. The first kappa shape index (κ1) is 21.1. The van der Waals surface area contributed by atoms with E-state index in [1.165, 1.54) is 6.20 Å². The maximum Gasteiger partial charge on any atom is 0.327 e. The highest BCUT2D eigenvalue weighted by atomic mass is 16.2. The predicted octanol–water partition coefficient (Wildman–Crippen LogP) is 3.04. The molecule has 1 fully saturated rings. The zero-order valence-corrected chi connectivity index (χ0v) is 19.0. The first-order valence-corrected chi connectivity index (χ1v) is 11.7. The summed E-state index contributed by atoms with van der Waals surface area (Å²) >= 11 is 0. The van der Waals surface area contributed by atoms with Gasteiger partial charge in [-0.3, -0.25) is 14.3 Å². The number of piperidine rings is 1. The fourth-order valence-corrected chi connectivity index (χ4v) is 5.28. The molecule has 1 N–H and O–H groups in total. The van der Waals surface area contributed by atoms with Gasteiger partial charge in [-0.25, -0.2) is 14.8 Å². The van der Waals surface area contributed by atoms with Gasteiger partial charge in [-0.1, -0.05) is 18.2 Å². The van der Waals surface area contributed by atoms with E-state index in [2.05, 4.69) is 25.9 Å². The lowest BCUT2D eigenvalue weighted by Gasteiger charge is -2.34. The maximum absolute atomic E-state index is 13.3. The van der Waals surface area contributed by atoms with Crippen LogP contribution < -0.4 is 15.5 Å². The average molecular weight is 466 g/mol. The lowest BCUT2D eigenvalue weighted by molar-refractivity contribution is 0.0984. The molecule has 2 aliphatic rings. The Kier molecular flexibility index (Phi) is 5.07. The van der Waals surface area contributed by atoms with E-state index in [0.29, 0.717) is 42.2 Å². The summed E-state index contributed by atoms with van der Waals surface area (Å²) in [5.41, 5.74) is 4.79. The van der Waals surface area contributed by atoms with Gasteiger partial charge in [-0.05, 0) is 49.1 Å². The molecule has 1 amide bonds. The lowest BCUT2D eigenvalue weighted by atomic mass is 10.0. The van der Waals surface area contributed by atoms with Crippen molar-refractivity contribution in [3.63, 3.8) is 0 Å². The molecule has 5 heterocycles. The van der Waals surface area contributed by atoms with Crippen molar-refractivity contribution in [3.05, 3.63) is 82.2 Å². The van der Waals surface area contributed by atoms with Crippen molar-refractivity contribution in [2.24, 2.45) is 0 Å². The number of anilines is 2. The Balaban J connectivity index is 1.25. The molecule has 4 aromatic rings. The van der Waals surface area contributed by atoms with E-state index in [0.717, 1.165) is 36.0 Å². The monoisotopic (exact) mass is 465 g/mol. The smallest absolute Gasteiger partial charge is 0.327 e. The van der Waals surface area contributed by atoms with Gasteiger partial charge >= 0.3 is 5.69 Å². The highest BCUT2D eigenvalue weighted by Crippen LogP contribution is 2.32. The van der Waals surface area contributed by atoms with Crippen LogP contribution in [-0.2, 0) is 6.42 Å². The number of imidazole rings is 1. The van der Waals surface area contributed by atoms with Gasteiger partial charge in [-0.2, -0.15) is 5.26 Å². The number of aromatic nitrogens is 4. The van der Waals surface area contributed by atoms with Crippen LogP contribution in [0.3, 0.4) is 0 Å². The lowest BCUT2D eigenvalue weighted by Crippen LogP contribution is -2.37. The molecule has 174 valence electrons. The minimum Gasteiger partial charge on any atom is -0.370 e. The summed E-state index contributed by atoms with van der Waals surface area (Å²) in [4.78, 5) is 41.2. The largest absolute Gasteiger partial charge is 0.370 e. The molecule has 2 aliphatic heterocycles. The molecule has 6 rings (SSSR count). The fraction of sp³-hybridized carbons (Fsp3) is 0.269. The number of rotatable bonds is 3. The molecule has 0 unspecified atom stereocenters. The van der Waals surface area contributed by atoms with Gasteiger partial charge < -0.3 is 9.80 Å². The fourth-order valence-electron chi connectivity index (χ4n) is 5.28. The third-order valence-corrected chi connectivity index (χ3v) is 7.01. The Labute approximate surface area is 201 Å². The van der Waals surface area contributed by atoms with E-state index in [1.54, 1.807) is 21.7 Å². The average Bonchev–Trinajstić information content (AvgIpc) is 3.48. The summed E-state index contributed by atoms with van der Waals surface area (Å²) in [7, 11) is 0. The second-order valence-electron chi connectivity index (χ2n) is 8.92. The first-order valence-electron chi connectivity index (χ1n) is 11.7. The summed E-state index contributed by atoms with van der Waals surface area (Å²) in [5, 5.41) is 9.71. The minimum atomic E-state index is -0.159. The number of aromatic amines is 1. The number of pyridine rings is 2. The van der Waals surface area contributed by atoms with E-state index < -0.39 is 0 Å². The van der Waals surface area contributed by atoms with Crippen LogP contribution in [0.1, 0.15) is 40.5 Å². The molecule has 0 saturated carbocycles. The first-order chi connectivity index (χ1) is 17.1. The molecular formula is C26H23N7O2. The Morgan fingerprint density at radius 1 is 1.06 bits per heavy atom. The second kappa shape index (κ2) is 8.40. The number of fused-ring (bicyclic) bond motifs is 2. The topological polar surface area (TPSA) is 111 Å². The summed E-state index contributed by atoms with van der Waals surface area (Å²) < 4.78 is 1.79. The number of nitrogens with one attached hydrogen (secondary N) is 1. The van der Waals surface area contributed by atoms with Crippen molar-refractivity contribution in [1.82, 2.24) is 19.5 Å². The van der Waals surface area contributed by atoms with Crippen LogP contribution in [0.4, 0.5) is 11.4 Å². The number of benzene rings is 1. The highest BCUT2D eigenvalue weighted by Gasteiger charge is 2.29. The summed E-state index contributed by atoms with van der Waals surface area (Å²) in [5.74, 6) is -0.159. The van der Waals surface area contributed by atoms with Crippen LogP contribution in [0.5, 0.6) is 0 Å². The van der Waals surface area contributed by atoms with Crippen LogP contribution in [0, 0.1) is 11.3 Å². The van der Waals surface area contributed by atoms with E-state index >= 15 is 0 Å². The van der Waals surface area contributed by atoms with Crippen molar-refractivity contribution >= 4 is 28.4 Å². The SMILES string of the molecule is N#Cc1cnc(C(=O)N2CCc3ccccc32)cc1N1CCC(n2c(=O)[nH]c3ncccc32)CC1. The van der Waals surface area contributed by atoms with E-state index in [1.807, 2.05) is 36.4 Å². The number of H-pyrrole nitrogens is 1. The number of hydrogen-bond acceptors (Lipinski definition) is 6. The number of nitriles is 1. The van der Waals surface area contributed by atoms with Crippen LogP contribution in [-0.4, -0.2) is 45.1 Å². The minimum absolute atomic E-state index is 0.0336. The molecule has 1 saturated heterocycles. The molecule has 0 bridgehead atoms. The zero-order valence-electron chi connectivity index (χ0n) is 19.0. The Morgan fingerprint density at radius 3 is 2.71 bits per heavy atom. The van der Waals surface area contributed by atoms with E-state index in [9.17, 15) is 14.9 Å². The van der Waals surface area contributed by atoms with Gasteiger partial charge in [0.25, 0.3) is 5.91 Å². The Morgan fingerprint density at radius 2 is 1.89 bits per heavy atom. The molecule has 35 heavy (non-hydrogen) atoms. The maximum atomic E-state index is 13.3. The van der Waals surface area contributed by atoms with E-state index in [4.69, 9.17) is 0 Å². The number of nitrogens with zero attached hydrogens (tertiary/aromatic N) is 6. The van der Waals surface area contributed by atoms with E-state index in [-0.39, 0.29) is 17.6 Å². The van der Waals surface area contributed by atoms with Crippen LogP contribution in [0.15, 0.2) is 59.7 Å². The quantitative estimate of drug-likeness (QED) is 0.498. The van der Waals surface area contributed by atoms with Crippen molar-refractivity contribution in [2.45, 2.75) is 25.3 Å². The number of hydrogen-bond donors (Lipinski definition) is 1. The number of carbonyl (C=O) groups excluding carboxylic acids is 1. The van der Waals surface area contributed by atoms with Gasteiger partial charge in [0.1, 0.15) is 11.8 Å². The third-order valence-electron chi connectivity index (χ3n) is 7.01. The molecule has 0 spiro atoms. The van der Waals surface area contributed by atoms with Gasteiger partial charge in [0.2, 0.25) is 0 Å². The Bertz CT molecular complexity index is 1540. The van der Waals surface area contributed by atoms with Crippen LogP contribution in [0.2, 0.25) is 0 Å². The summed E-state index contributed by atoms with van der Waals surface area (Å²) in [6.45, 7) is 1.93. The second-order valence-corrected chi connectivity index (χ2v) is 8.92. The van der Waals surface area contributed by atoms with Gasteiger partial charge in [0.15, 0.2) is 5.65 Å². The molecule has 0 radical (unpaired) electrons. The molecule has 0 atom stereocenters. The predicted molar refractivity (Wildman–Crippen MR) is 132 cm³/mol. The number of carbonyl (C=O) groups is 1. The molecule has 9 heteroatoms. The van der Waals surface area contributed by atoms with Crippen molar-refractivity contribution in [3.8, 4) is 6.07 Å². The standard InChI is InChI=1S/C26H23N7O2/c27-15-18-16-29-20(25(34)32-13-7-17-4-1-2-5-21(17)32)14-23(18)31-11-8-19(9-12-31)33-22-6-3-10-28-24(22)30-26(33)35/h1-6,10,14,16,19H,7-9,11-13H2,(H,28,30,35). The van der Waals surface area contributed by atoms with Gasteiger partial charge in [-0.15, -0.1) is 0 Å². The number of para-hydroxylation sites is 1. The van der Waals surface area contributed by atoms with Gasteiger partial charge in [0, 0.05) is 43.8 Å². The van der Waals surface area contributed by atoms with Crippen molar-refractivity contribution in [1.29, 1.82) is 5.26 Å². The zero-order chi connectivity index (χ0) is 23.9. The molecular weight excluding hydrogens is 442 g/mol. The summed E-state index contributed by atoms with van der Waals surface area (Å²) in [6.07, 6.45) is 5.45.